The number of carboxylic acid groups (broad SMARTS) is 1. The maximum atomic E-state index is 11.1. The second-order valence-corrected chi connectivity index (χ2v) is 5.49. The zero-order chi connectivity index (χ0) is 13.7. The summed E-state index contributed by atoms with van der Waals surface area (Å²) in [5.74, 6) is -0.112. The normalized spacial score (nSPS) is 11.8. The van der Waals surface area contributed by atoms with Crippen molar-refractivity contribution in [1.29, 1.82) is 0 Å². The first-order valence-corrected chi connectivity index (χ1v) is 6.72. The molecule has 2 N–H and O–H groups in total. The van der Waals surface area contributed by atoms with Crippen molar-refractivity contribution in [3.63, 3.8) is 0 Å². The fraction of sp³-hybridized carbons (Fsp3) is 0.231. The summed E-state index contributed by atoms with van der Waals surface area (Å²) in [6.45, 7) is 4.22. The van der Waals surface area contributed by atoms with Crippen molar-refractivity contribution in [2.75, 3.05) is 0 Å². The number of hydrogen-bond acceptors (Lipinski definition) is 2. The molecule has 5 nitrogen and oxygen atoms in total. The van der Waals surface area contributed by atoms with Gasteiger partial charge in [0, 0.05) is 0 Å². The molecule has 0 atom stereocenters. The van der Waals surface area contributed by atoms with Gasteiger partial charge in [-0.1, -0.05) is 26.0 Å². The third kappa shape index (κ3) is 1.67. The largest absolute Gasteiger partial charge is 0.476 e. The van der Waals surface area contributed by atoms with Crippen LogP contribution < -0.4 is 0 Å². The number of aromatic nitrogens is 3. The molecule has 2 aromatic heterocycles. The van der Waals surface area contributed by atoms with Gasteiger partial charge in [-0.2, -0.15) is 0 Å². The molecule has 0 saturated carbocycles. The van der Waals surface area contributed by atoms with Gasteiger partial charge in [0.25, 0.3) is 0 Å². The maximum Gasteiger partial charge on any atom is 0.355 e. The minimum absolute atomic E-state index is 0.111. The molecule has 19 heavy (non-hydrogen) atoms. The number of aromatic carboxylic acids is 1. The molecule has 2 heterocycles. The van der Waals surface area contributed by atoms with Gasteiger partial charge in [0.1, 0.15) is 4.60 Å². The number of nitrogens with one attached hydrogen (secondary N) is 1. The summed E-state index contributed by atoms with van der Waals surface area (Å²) in [7, 11) is 0. The van der Waals surface area contributed by atoms with Crippen molar-refractivity contribution < 1.29 is 9.90 Å². The zero-order valence-electron chi connectivity index (χ0n) is 10.4. The van der Waals surface area contributed by atoms with Crippen LogP contribution in [0.5, 0.6) is 0 Å². The molecule has 0 aliphatic carbocycles. The molecule has 6 heteroatoms. The zero-order valence-corrected chi connectivity index (χ0v) is 12.0. The first-order chi connectivity index (χ1) is 9.00. The van der Waals surface area contributed by atoms with E-state index in [2.05, 4.69) is 39.7 Å². The summed E-state index contributed by atoms with van der Waals surface area (Å²) in [6.07, 6.45) is 0. The van der Waals surface area contributed by atoms with Gasteiger partial charge in [0.2, 0.25) is 5.78 Å². The summed E-state index contributed by atoms with van der Waals surface area (Å²) in [6, 6.07) is 5.95. The number of halogens is 1. The molecule has 0 unspecified atom stereocenters. The molecule has 0 aliphatic rings. The molecule has 0 bridgehead atoms. The highest BCUT2D eigenvalue weighted by Crippen LogP contribution is 2.29. The second-order valence-electron chi connectivity index (χ2n) is 4.74. The van der Waals surface area contributed by atoms with Gasteiger partial charge >= 0.3 is 5.97 Å². The number of imidazole rings is 2. The van der Waals surface area contributed by atoms with Gasteiger partial charge < -0.3 is 10.1 Å². The average Bonchev–Trinajstić information content (AvgIpc) is 2.85. The van der Waals surface area contributed by atoms with Crippen LogP contribution in [0.1, 0.15) is 35.8 Å². The van der Waals surface area contributed by atoms with Crippen LogP contribution in [0.15, 0.2) is 22.8 Å². The standard InChI is InChI=1S/C13H12BrN3O2/c1-6(2)7-4-3-5-8-9(7)15-13-16-10(12(18)19)11(14)17(8)13/h3-6H,1-2H3,(H,15,16)(H,18,19). The molecule has 3 rings (SSSR count). The Morgan fingerprint density at radius 1 is 1.47 bits per heavy atom. The van der Waals surface area contributed by atoms with Crippen molar-refractivity contribution in [1.82, 2.24) is 14.4 Å². The number of aromatic amines is 1. The highest BCUT2D eigenvalue weighted by molar-refractivity contribution is 9.10. The van der Waals surface area contributed by atoms with Gasteiger partial charge in [-0.05, 0) is 33.5 Å². The predicted molar refractivity (Wildman–Crippen MR) is 75.8 cm³/mol. The van der Waals surface area contributed by atoms with Crippen LogP contribution in [0, 0.1) is 0 Å². The van der Waals surface area contributed by atoms with Crippen LogP contribution in [0.25, 0.3) is 16.8 Å². The van der Waals surface area contributed by atoms with Crippen molar-refractivity contribution in [3.8, 4) is 0 Å². The van der Waals surface area contributed by atoms with Crippen molar-refractivity contribution >= 4 is 38.7 Å². The van der Waals surface area contributed by atoms with E-state index >= 15 is 0 Å². The summed E-state index contributed by atoms with van der Waals surface area (Å²) in [5, 5.41) is 9.10. The van der Waals surface area contributed by atoms with E-state index in [0.717, 1.165) is 16.6 Å². The Morgan fingerprint density at radius 2 is 2.21 bits per heavy atom. The number of H-pyrrole nitrogens is 1. The number of hydrogen-bond donors (Lipinski definition) is 2. The van der Waals surface area contributed by atoms with E-state index in [0.29, 0.717) is 16.3 Å². The lowest BCUT2D eigenvalue weighted by molar-refractivity contribution is 0.0690. The Morgan fingerprint density at radius 3 is 2.84 bits per heavy atom. The van der Waals surface area contributed by atoms with Crippen molar-refractivity contribution in [2.45, 2.75) is 19.8 Å². The molecular formula is C13H12BrN3O2. The molecule has 0 radical (unpaired) electrons. The molecule has 0 aliphatic heterocycles. The number of carbonyl (C=O) groups is 1. The monoisotopic (exact) mass is 321 g/mol. The Labute approximate surface area is 117 Å². The van der Waals surface area contributed by atoms with E-state index in [4.69, 9.17) is 5.11 Å². The SMILES string of the molecule is CC(C)c1cccc2c1nc1[nH]c(C(=O)O)c(Br)n12. The van der Waals surface area contributed by atoms with Crippen LogP contribution in [-0.4, -0.2) is 25.4 Å². The lowest BCUT2D eigenvalue weighted by Crippen LogP contribution is -1.98. The Bertz CT molecular complexity index is 801. The lowest BCUT2D eigenvalue weighted by Gasteiger charge is -2.05. The quantitative estimate of drug-likeness (QED) is 0.760. The van der Waals surface area contributed by atoms with E-state index < -0.39 is 5.97 Å². The molecule has 3 aromatic rings. The molecule has 1 aromatic carbocycles. The average molecular weight is 322 g/mol. The van der Waals surface area contributed by atoms with Crippen molar-refractivity contribution in [3.05, 3.63) is 34.1 Å². The van der Waals surface area contributed by atoms with Crippen LogP contribution in [0.3, 0.4) is 0 Å². The third-order valence-corrected chi connectivity index (χ3v) is 3.94. The molecule has 0 spiro atoms. The van der Waals surface area contributed by atoms with Crippen LogP contribution >= 0.6 is 15.9 Å². The van der Waals surface area contributed by atoms with E-state index in [-0.39, 0.29) is 5.69 Å². The number of nitrogens with zero attached hydrogens (tertiary/aromatic N) is 2. The van der Waals surface area contributed by atoms with E-state index in [1.165, 1.54) is 0 Å². The lowest BCUT2D eigenvalue weighted by atomic mass is 10.0. The summed E-state index contributed by atoms with van der Waals surface area (Å²) in [5.41, 5.74) is 3.07. The van der Waals surface area contributed by atoms with Crippen LogP contribution in [0.2, 0.25) is 0 Å². The van der Waals surface area contributed by atoms with E-state index in [1.54, 1.807) is 4.40 Å². The molecule has 0 saturated heterocycles. The first kappa shape index (κ1) is 12.2. The number of rotatable bonds is 2. The highest BCUT2D eigenvalue weighted by Gasteiger charge is 2.20. The smallest absolute Gasteiger partial charge is 0.355 e. The van der Waals surface area contributed by atoms with Gasteiger partial charge in [-0.15, -0.1) is 0 Å². The minimum Gasteiger partial charge on any atom is -0.476 e. The number of para-hydroxylation sites is 1. The Hall–Kier alpha value is -1.82. The van der Waals surface area contributed by atoms with E-state index in [1.807, 2.05) is 18.2 Å². The number of benzene rings is 1. The predicted octanol–water partition coefficient (Wildman–Crippen LogP) is 3.40. The Balaban J connectivity index is 2.43. The summed E-state index contributed by atoms with van der Waals surface area (Å²) >= 11 is 3.33. The molecule has 0 fully saturated rings. The van der Waals surface area contributed by atoms with Crippen LogP contribution in [0.4, 0.5) is 0 Å². The Kier molecular flexibility index (Phi) is 2.63. The molecule has 0 amide bonds. The van der Waals surface area contributed by atoms with Crippen molar-refractivity contribution in [2.24, 2.45) is 0 Å². The van der Waals surface area contributed by atoms with Gasteiger partial charge in [-0.3, -0.25) is 4.40 Å². The number of fused-ring (bicyclic) bond motifs is 3. The molecular weight excluding hydrogens is 310 g/mol. The van der Waals surface area contributed by atoms with Gasteiger partial charge in [-0.25, -0.2) is 9.78 Å². The summed E-state index contributed by atoms with van der Waals surface area (Å²) < 4.78 is 2.27. The maximum absolute atomic E-state index is 11.1. The molecule has 98 valence electrons. The first-order valence-electron chi connectivity index (χ1n) is 5.92. The fourth-order valence-electron chi connectivity index (χ4n) is 2.29. The summed E-state index contributed by atoms with van der Waals surface area (Å²) in [4.78, 5) is 18.4. The third-order valence-electron chi connectivity index (χ3n) is 3.19. The second kappa shape index (κ2) is 4.09. The van der Waals surface area contributed by atoms with E-state index in [9.17, 15) is 4.79 Å². The fourth-order valence-corrected chi connectivity index (χ4v) is 2.91. The van der Waals surface area contributed by atoms with Gasteiger partial charge in [0.15, 0.2) is 5.69 Å². The number of carboxylic acids is 1. The topological polar surface area (TPSA) is 70.4 Å². The van der Waals surface area contributed by atoms with Gasteiger partial charge in [0.05, 0.1) is 11.0 Å². The minimum atomic E-state index is -1.01. The van der Waals surface area contributed by atoms with Crippen LogP contribution in [-0.2, 0) is 0 Å². The highest BCUT2D eigenvalue weighted by atomic mass is 79.9.